The molecule has 164 valence electrons. The van der Waals surface area contributed by atoms with Crippen LogP contribution in [0.25, 0.3) is 11.0 Å². The van der Waals surface area contributed by atoms with E-state index in [0.717, 1.165) is 41.7 Å². The van der Waals surface area contributed by atoms with Crippen molar-refractivity contribution in [2.75, 3.05) is 6.54 Å². The normalized spacial score (nSPS) is 11.1. The standard InChI is InChI=1S/C26H25Cl2N3O/c27-21-14-13-20(22(28)17-21)18-31-24-10-5-4-9-23(24)30-25(31)11-6-16-29-26(32)15-12-19-7-2-1-3-8-19/h1-5,7-10,13-14,17H,6,11-12,15-16,18H2,(H,29,32). The van der Waals surface area contributed by atoms with Crippen molar-refractivity contribution >= 4 is 40.1 Å². The number of imidazole rings is 1. The van der Waals surface area contributed by atoms with Crippen LogP contribution in [0.2, 0.25) is 10.0 Å². The molecular weight excluding hydrogens is 441 g/mol. The van der Waals surface area contributed by atoms with E-state index >= 15 is 0 Å². The molecule has 0 spiro atoms. The Labute approximate surface area is 198 Å². The fourth-order valence-electron chi connectivity index (χ4n) is 3.78. The quantitative estimate of drug-likeness (QED) is 0.304. The van der Waals surface area contributed by atoms with Gasteiger partial charge in [0.25, 0.3) is 0 Å². The van der Waals surface area contributed by atoms with E-state index in [9.17, 15) is 4.79 Å². The Bertz CT molecular complexity index is 1200. The summed E-state index contributed by atoms with van der Waals surface area (Å²) in [5.41, 5.74) is 4.20. The SMILES string of the molecule is O=C(CCc1ccccc1)NCCCc1nc2ccccc2n1Cc1ccc(Cl)cc1Cl. The maximum Gasteiger partial charge on any atom is 0.220 e. The molecule has 4 nitrogen and oxygen atoms in total. The Morgan fingerprint density at radius 3 is 2.53 bits per heavy atom. The van der Waals surface area contributed by atoms with Crippen molar-refractivity contribution < 1.29 is 4.79 Å². The van der Waals surface area contributed by atoms with Crippen LogP contribution in [0.1, 0.15) is 29.8 Å². The van der Waals surface area contributed by atoms with Gasteiger partial charge in [0, 0.05) is 29.4 Å². The molecule has 0 atom stereocenters. The van der Waals surface area contributed by atoms with Crippen LogP contribution >= 0.6 is 23.2 Å². The molecule has 0 aliphatic carbocycles. The van der Waals surface area contributed by atoms with Gasteiger partial charge < -0.3 is 9.88 Å². The first-order valence-corrected chi connectivity index (χ1v) is 11.5. The average Bonchev–Trinajstić information content (AvgIpc) is 3.15. The summed E-state index contributed by atoms with van der Waals surface area (Å²) in [5.74, 6) is 1.06. The lowest BCUT2D eigenvalue weighted by Crippen LogP contribution is -2.25. The first-order valence-electron chi connectivity index (χ1n) is 10.8. The van der Waals surface area contributed by atoms with Crippen LogP contribution in [-0.4, -0.2) is 22.0 Å². The number of amides is 1. The lowest BCUT2D eigenvalue weighted by Gasteiger charge is -2.11. The first kappa shape index (κ1) is 22.4. The molecule has 4 rings (SSSR count). The van der Waals surface area contributed by atoms with E-state index < -0.39 is 0 Å². The fraction of sp³-hybridized carbons (Fsp3) is 0.231. The number of aryl methyl sites for hydroxylation is 2. The minimum atomic E-state index is 0.0790. The van der Waals surface area contributed by atoms with Gasteiger partial charge in [-0.3, -0.25) is 4.79 Å². The zero-order valence-electron chi connectivity index (χ0n) is 17.7. The maximum atomic E-state index is 12.2. The molecule has 1 heterocycles. The number of hydrogen-bond donors (Lipinski definition) is 1. The van der Waals surface area contributed by atoms with Crippen LogP contribution < -0.4 is 5.32 Å². The summed E-state index contributed by atoms with van der Waals surface area (Å²) in [6.07, 6.45) is 2.83. The fourth-order valence-corrected chi connectivity index (χ4v) is 4.25. The smallest absolute Gasteiger partial charge is 0.220 e. The number of hydrogen-bond acceptors (Lipinski definition) is 2. The van der Waals surface area contributed by atoms with Crippen LogP contribution in [0, 0.1) is 0 Å². The van der Waals surface area contributed by atoms with Crippen molar-refractivity contribution in [3.8, 4) is 0 Å². The summed E-state index contributed by atoms with van der Waals surface area (Å²) in [5, 5.41) is 4.30. The number of aromatic nitrogens is 2. The van der Waals surface area contributed by atoms with Crippen molar-refractivity contribution in [3.63, 3.8) is 0 Å². The number of fused-ring (bicyclic) bond motifs is 1. The predicted molar refractivity (Wildman–Crippen MR) is 131 cm³/mol. The largest absolute Gasteiger partial charge is 0.356 e. The topological polar surface area (TPSA) is 46.9 Å². The third-order valence-electron chi connectivity index (χ3n) is 5.46. The van der Waals surface area contributed by atoms with Gasteiger partial charge in [0.05, 0.1) is 17.6 Å². The number of benzene rings is 3. The lowest BCUT2D eigenvalue weighted by atomic mass is 10.1. The molecule has 1 aromatic heterocycles. The molecule has 1 N–H and O–H groups in total. The average molecular weight is 466 g/mol. The monoisotopic (exact) mass is 465 g/mol. The molecule has 1 amide bonds. The number of para-hydroxylation sites is 2. The number of nitrogens with zero attached hydrogens (tertiary/aromatic N) is 2. The van der Waals surface area contributed by atoms with Gasteiger partial charge >= 0.3 is 0 Å². The number of nitrogens with one attached hydrogen (secondary N) is 1. The summed E-state index contributed by atoms with van der Waals surface area (Å²) in [6.45, 7) is 1.24. The highest BCUT2D eigenvalue weighted by Crippen LogP contribution is 2.25. The van der Waals surface area contributed by atoms with E-state index in [1.54, 1.807) is 6.07 Å². The van der Waals surface area contributed by atoms with Crippen LogP contribution in [-0.2, 0) is 24.2 Å². The van der Waals surface area contributed by atoms with Crippen molar-refractivity contribution in [1.82, 2.24) is 14.9 Å². The second-order valence-corrected chi connectivity index (χ2v) is 8.62. The summed E-state index contributed by atoms with van der Waals surface area (Å²) in [7, 11) is 0. The van der Waals surface area contributed by atoms with E-state index in [2.05, 4.69) is 16.0 Å². The van der Waals surface area contributed by atoms with Gasteiger partial charge in [-0.25, -0.2) is 4.98 Å². The third kappa shape index (κ3) is 5.70. The van der Waals surface area contributed by atoms with E-state index in [1.807, 2.05) is 60.7 Å². The molecule has 0 bridgehead atoms. The number of rotatable bonds is 9. The molecule has 0 radical (unpaired) electrons. The minimum Gasteiger partial charge on any atom is -0.356 e. The Balaban J connectivity index is 1.37. The van der Waals surface area contributed by atoms with E-state index in [0.29, 0.717) is 29.6 Å². The second kappa shape index (κ2) is 10.7. The van der Waals surface area contributed by atoms with Gasteiger partial charge in [0.1, 0.15) is 5.82 Å². The van der Waals surface area contributed by atoms with Crippen LogP contribution in [0.4, 0.5) is 0 Å². The Kier molecular flexibility index (Phi) is 7.46. The minimum absolute atomic E-state index is 0.0790. The van der Waals surface area contributed by atoms with Gasteiger partial charge in [0.2, 0.25) is 5.91 Å². The van der Waals surface area contributed by atoms with Crippen molar-refractivity contribution in [1.29, 1.82) is 0 Å². The molecule has 4 aromatic rings. The van der Waals surface area contributed by atoms with Crippen LogP contribution in [0.15, 0.2) is 72.8 Å². The molecule has 0 fully saturated rings. The van der Waals surface area contributed by atoms with Gasteiger partial charge in [-0.05, 0) is 48.2 Å². The predicted octanol–water partition coefficient (Wildman–Crippen LogP) is 6.07. The Morgan fingerprint density at radius 1 is 0.938 bits per heavy atom. The molecule has 0 saturated heterocycles. The van der Waals surface area contributed by atoms with Gasteiger partial charge in [0.15, 0.2) is 0 Å². The molecule has 0 saturated carbocycles. The van der Waals surface area contributed by atoms with Crippen LogP contribution in [0.3, 0.4) is 0 Å². The van der Waals surface area contributed by atoms with Crippen molar-refractivity contribution in [3.05, 3.63) is 99.8 Å². The van der Waals surface area contributed by atoms with E-state index in [4.69, 9.17) is 28.2 Å². The van der Waals surface area contributed by atoms with Gasteiger partial charge in [-0.1, -0.05) is 71.7 Å². The highest BCUT2D eigenvalue weighted by Gasteiger charge is 2.13. The number of carbonyl (C=O) groups is 1. The molecule has 0 unspecified atom stereocenters. The van der Waals surface area contributed by atoms with Gasteiger partial charge in [-0.15, -0.1) is 0 Å². The van der Waals surface area contributed by atoms with Crippen molar-refractivity contribution in [2.45, 2.75) is 32.2 Å². The van der Waals surface area contributed by atoms with Gasteiger partial charge in [-0.2, -0.15) is 0 Å². The first-order chi connectivity index (χ1) is 15.6. The molecule has 3 aromatic carbocycles. The Morgan fingerprint density at radius 2 is 1.72 bits per heavy atom. The molecule has 32 heavy (non-hydrogen) atoms. The molecule has 0 aliphatic rings. The summed E-state index contributed by atoms with van der Waals surface area (Å²) >= 11 is 12.5. The maximum absolute atomic E-state index is 12.2. The van der Waals surface area contributed by atoms with Crippen molar-refractivity contribution in [2.24, 2.45) is 0 Å². The number of halogens is 2. The Hall–Kier alpha value is -2.82. The van der Waals surface area contributed by atoms with E-state index in [-0.39, 0.29) is 5.91 Å². The zero-order chi connectivity index (χ0) is 22.3. The lowest BCUT2D eigenvalue weighted by molar-refractivity contribution is -0.121. The molecular formula is C26H25Cl2N3O. The van der Waals surface area contributed by atoms with E-state index in [1.165, 1.54) is 5.56 Å². The highest BCUT2D eigenvalue weighted by atomic mass is 35.5. The van der Waals surface area contributed by atoms with Crippen LogP contribution in [0.5, 0.6) is 0 Å². The molecule has 0 aliphatic heterocycles. The summed E-state index contributed by atoms with van der Waals surface area (Å²) < 4.78 is 2.20. The summed E-state index contributed by atoms with van der Waals surface area (Å²) in [6, 6.07) is 23.7. The summed E-state index contributed by atoms with van der Waals surface area (Å²) in [4.78, 5) is 17.0. The number of carbonyl (C=O) groups excluding carboxylic acids is 1. The molecule has 6 heteroatoms. The highest BCUT2D eigenvalue weighted by molar-refractivity contribution is 6.35. The third-order valence-corrected chi connectivity index (χ3v) is 6.05. The zero-order valence-corrected chi connectivity index (χ0v) is 19.2. The second-order valence-electron chi connectivity index (χ2n) is 7.78.